The van der Waals surface area contributed by atoms with E-state index in [2.05, 4.69) is 14.6 Å². The van der Waals surface area contributed by atoms with Crippen molar-refractivity contribution in [3.8, 4) is 0 Å². The van der Waals surface area contributed by atoms with Crippen LogP contribution in [0.4, 0.5) is 11.4 Å². The van der Waals surface area contributed by atoms with Gasteiger partial charge in [-0.25, -0.2) is 16.8 Å². The van der Waals surface area contributed by atoms with Gasteiger partial charge in [-0.05, 0) is 37.4 Å². The van der Waals surface area contributed by atoms with E-state index in [1.54, 1.807) is 11.4 Å². The third kappa shape index (κ3) is 4.13. The van der Waals surface area contributed by atoms with Gasteiger partial charge in [0.25, 0.3) is 20.0 Å². The van der Waals surface area contributed by atoms with Gasteiger partial charge in [-0.1, -0.05) is 34.4 Å². The van der Waals surface area contributed by atoms with Crippen molar-refractivity contribution in [2.45, 2.75) is 23.0 Å². The van der Waals surface area contributed by atoms with Crippen LogP contribution in [0, 0.1) is 13.8 Å². The van der Waals surface area contributed by atoms with Crippen molar-refractivity contribution in [1.29, 1.82) is 0 Å². The molecule has 1 aromatic carbocycles. The van der Waals surface area contributed by atoms with E-state index in [-0.39, 0.29) is 42.0 Å². The van der Waals surface area contributed by atoms with Crippen molar-refractivity contribution in [3.63, 3.8) is 0 Å². The molecule has 0 bridgehead atoms. The predicted molar refractivity (Wildman–Crippen MR) is 108 cm³/mol. The first-order valence-electron chi connectivity index (χ1n) is 7.52. The molecule has 0 fully saturated rings. The molecule has 0 unspecified atom stereocenters. The van der Waals surface area contributed by atoms with Gasteiger partial charge in [-0.3, -0.25) is 9.44 Å². The van der Waals surface area contributed by atoms with Gasteiger partial charge in [0.05, 0.1) is 21.4 Å². The lowest BCUT2D eigenvalue weighted by atomic mass is 10.3. The summed E-state index contributed by atoms with van der Waals surface area (Å²) in [6, 6.07) is 5.43. The second-order valence-corrected chi connectivity index (χ2v) is 10.9. The Hall–Kier alpha value is -1.79. The molecule has 8 nitrogen and oxygen atoms in total. The molecule has 3 aromatic rings. The Balaban J connectivity index is 2.05. The number of hydrogen-bond donors (Lipinski definition) is 2. The largest absolute Gasteiger partial charge is 0.360 e. The van der Waals surface area contributed by atoms with Gasteiger partial charge >= 0.3 is 0 Å². The number of halogens is 2. The molecule has 0 spiro atoms. The Bertz CT molecular complexity index is 1220. The molecule has 0 aliphatic heterocycles. The van der Waals surface area contributed by atoms with E-state index in [1.165, 1.54) is 32.0 Å². The molecular weight excluding hydrogens is 469 g/mol. The average molecular weight is 482 g/mol. The summed E-state index contributed by atoms with van der Waals surface area (Å²) in [7, 11) is -8.08. The number of rotatable bonds is 6. The Labute approximate surface area is 175 Å². The maximum Gasteiger partial charge on any atom is 0.271 e. The van der Waals surface area contributed by atoms with E-state index in [0.717, 1.165) is 11.3 Å². The van der Waals surface area contributed by atoms with Gasteiger partial charge in [0, 0.05) is 0 Å². The number of anilines is 2. The quantitative estimate of drug-likeness (QED) is 0.542. The summed E-state index contributed by atoms with van der Waals surface area (Å²) >= 11 is 13.0. The highest BCUT2D eigenvalue weighted by atomic mass is 35.5. The Morgan fingerprint density at radius 3 is 2.04 bits per heavy atom. The summed E-state index contributed by atoms with van der Waals surface area (Å²) in [5, 5.41) is 5.31. The van der Waals surface area contributed by atoms with Crippen LogP contribution in [0.1, 0.15) is 11.5 Å². The van der Waals surface area contributed by atoms with Crippen LogP contribution in [0.2, 0.25) is 10.0 Å². The van der Waals surface area contributed by atoms with Crippen LogP contribution in [0.15, 0.2) is 43.3 Å². The van der Waals surface area contributed by atoms with Crippen molar-refractivity contribution in [1.82, 2.24) is 5.16 Å². The predicted octanol–water partition coefficient (Wildman–Crippen LogP) is 4.26. The van der Waals surface area contributed by atoms with E-state index in [4.69, 9.17) is 27.7 Å². The minimum atomic E-state index is -4.13. The van der Waals surface area contributed by atoms with Gasteiger partial charge < -0.3 is 4.52 Å². The number of thiophene rings is 1. The van der Waals surface area contributed by atoms with Crippen molar-refractivity contribution < 1.29 is 21.4 Å². The molecule has 2 aromatic heterocycles. The highest BCUT2D eigenvalue weighted by Crippen LogP contribution is 2.36. The molecule has 0 atom stereocenters. The molecule has 150 valence electrons. The average Bonchev–Trinajstić information content (AvgIpc) is 3.22. The Morgan fingerprint density at radius 2 is 1.57 bits per heavy atom. The van der Waals surface area contributed by atoms with E-state index in [9.17, 15) is 16.8 Å². The van der Waals surface area contributed by atoms with Crippen LogP contribution in [-0.4, -0.2) is 22.0 Å². The second-order valence-electron chi connectivity index (χ2n) is 5.61. The summed E-state index contributed by atoms with van der Waals surface area (Å²) in [5.74, 6) is 0.0887. The first kappa shape index (κ1) is 20.9. The van der Waals surface area contributed by atoms with Crippen molar-refractivity contribution in [2.75, 3.05) is 9.44 Å². The van der Waals surface area contributed by atoms with Gasteiger partial charge in [0.2, 0.25) is 0 Å². The number of aromatic nitrogens is 1. The van der Waals surface area contributed by atoms with Crippen LogP contribution in [-0.2, 0) is 20.0 Å². The molecule has 28 heavy (non-hydrogen) atoms. The van der Waals surface area contributed by atoms with Crippen molar-refractivity contribution >= 4 is 66.0 Å². The molecule has 2 N–H and O–H groups in total. The summed E-state index contributed by atoms with van der Waals surface area (Å²) in [4.78, 5) is -0.148. The maximum atomic E-state index is 12.8. The molecule has 3 rings (SSSR count). The molecule has 0 amide bonds. The molecule has 2 heterocycles. The number of nitrogens with one attached hydrogen (secondary N) is 2. The fourth-order valence-corrected chi connectivity index (χ4v) is 6.17. The first-order valence-corrected chi connectivity index (χ1v) is 12.1. The topological polar surface area (TPSA) is 118 Å². The molecule has 0 saturated heterocycles. The summed E-state index contributed by atoms with van der Waals surface area (Å²) in [6.45, 7) is 2.92. The zero-order valence-electron chi connectivity index (χ0n) is 14.4. The van der Waals surface area contributed by atoms with Gasteiger partial charge in [0.15, 0.2) is 10.7 Å². The number of aryl methyl sites for hydroxylation is 2. The number of sulfonamides is 2. The van der Waals surface area contributed by atoms with Crippen LogP contribution in [0.25, 0.3) is 0 Å². The van der Waals surface area contributed by atoms with Crippen molar-refractivity contribution in [3.05, 3.63) is 51.1 Å². The monoisotopic (exact) mass is 481 g/mol. The smallest absolute Gasteiger partial charge is 0.271 e. The third-order valence-electron chi connectivity index (χ3n) is 3.55. The minimum absolute atomic E-state index is 0.0391. The number of nitrogens with zero attached hydrogens (tertiary/aromatic N) is 1. The van der Waals surface area contributed by atoms with E-state index in [0.29, 0.717) is 0 Å². The van der Waals surface area contributed by atoms with Gasteiger partial charge in [-0.2, -0.15) is 0 Å². The SMILES string of the molecule is Cc1noc(C)c1S(=O)(=O)Nc1cc(Cl)c(Cl)cc1NS(=O)(=O)c1cccs1. The van der Waals surface area contributed by atoms with E-state index < -0.39 is 20.0 Å². The number of hydrogen-bond acceptors (Lipinski definition) is 7. The van der Waals surface area contributed by atoms with E-state index >= 15 is 0 Å². The van der Waals surface area contributed by atoms with Gasteiger partial charge in [0.1, 0.15) is 9.90 Å². The molecule has 0 saturated carbocycles. The minimum Gasteiger partial charge on any atom is -0.360 e. The molecular formula is C15H13Cl2N3O5S3. The summed E-state index contributed by atoms with van der Waals surface area (Å²) < 4.78 is 60.2. The third-order valence-corrected chi connectivity index (χ3v) is 8.64. The molecule has 0 aliphatic rings. The highest BCUT2D eigenvalue weighted by Gasteiger charge is 2.26. The van der Waals surface area contributed by atoms with Crippen LogP contribution >= 0.6 is 34.5 Å². The van der Waals surface area contributed by atoms with E-state index in [1.807, 2.05) is 0 Å². The molecule has 13 heteroatoms. The fraction of sp³-hybridized carbons (Fsp3) is 0.133. The molecule has 0 aliphatic carbocycles. The maximum absolute atomic E-state index is 12.8. The van der Waals surface area contributed by atoms with Crippen LogP contribution < -0.4 is 9.44 Å². The van der Waals surface area contributed by atoms with Crippen LogP contribution in [0.3, 0.4) is 0 Å². The normalized spacial score (nSPS) is 12.1. The Kier molecular flexibility index (Phi) is 5.65. The zero-order valence-corrected chi connectivity index (χ0v) is 18.3. The highest BCUT2D eigenvalue weighted by molar-refractivity contribution is 7.94. The summed E-state index contributed by atoms with van der Waals surface area (Å²) in [6.07, 6.45) is 0. The number of benzene rings is 1. The lowest BCUT2D eigenvalue weighted by Crippen LogP contribution is -2.18. The standard InChI is InChI=1S/C15H13Cl2N3O5S3/c1-8-15(9(2)25-18-8)28(23,24)20-13-7-11(17)10(16)6-12(13)19-27(21,22)14-4-3-5-26-14/h3-7,19-20H,1-2H3. The first-order chi connectivity index (χ1) is 13.0. The summed E-state index contributed by atoms with van der Waals surface area (Å²) in [5.41, 5.74) is -0.0292. The second kappa shape index (κ2) is 7.56. The fourth-order valence-electron chi connectivity index (χ4n) is 2.38. The van der Waals surface area contributed by atoms with Gasteiger partial charge in [-0.15, -0.1) is 11.3 Å². The lowest BCUT2D eigenvalue weighted by Gasteiger charge is -2.15. The zero-order chi connectivity index (χ0) is 20.7. The molecule has 0 radical (unpaired) electrons. The Morgan fingerprint density at radius 1 is 1.00 bits per heavy atom. The van der Waals surface area contributed by atoms with Crippen molar-refractivity contribution in [2.24, 2.45) is 0 Å². The van der Waals surface area contributed by atoms with Crippen LogP contribution in [0.5, 0.6) is 0 Å². The lowest BCUT2D eigenvalue weighted by molar-refractivity contribution is 0.390.